The molecule has 0 aliphatic carbocycles. The first-order valence-electron chi connectivity index (χ1n) is 18.3. The van der Waals surface area contributed by atoms with Crippen LogP contribution in [0.15, 0.2) is 35.7 Å². The lowest BCUT2D eigenvalue weighted by Gasteiger charge is -2.38. The number of thiazole rings is 1. The van der Waals surface area contributed by atoms with E-state index >= 15 is 0 Å². The summed E-state index contributed by atoms with van der Waals surface area (Å²) in [6, 6.07) is 8.13. The van der Waals surface area contributed by atoms with E-state index in [4.69, 9.17) is 10.6 Å². The Balaban J connectivity index is 1.83. The van der Waals surface area contributed by atoms with Gasteiger partial charge in [-0.2, -0.15) is 0 Å². The summed E-state index contributed by atoms with van der Waals surface area (Å²) in [4.78, 5) is 74.3. The number of carbonyl (C=O) groups is 5. The van der Waals surface area contributed by atoms with Gasteiger partial charge in [-0.3, -0.25) is 34.3 Å². The summed E-state index contributed by atoms with van der Waals surface area (Å²) in [5.74, 6) is 3.10. The molecule has 4 amide bonds. The summed E-state index contributed by atoms with van der Waals surface area (Å²) in [7, 11) is 3.66. The number of hydrogen-bond acceptors (Lipinski definition) is 10. The van der Waals surface area contributed by atoms with Crippen LogP contribution in [0.1, 0.15) is 108 Å². The number of aromatic nitrogens is 1. The molecule has 0 radical (unpaired) electrons. The van der Waals surface area contributed by atoms with Gasteiger partial charge in [0.1, 0.15) is 16.7 Å². The second kappa shape index (κ2) is 19.3. The molecule has 0 saturated carbocycles. The van der Waals surface area contributed by atoms with Crippen molar-refractivity contribution >= 4 is 40.9 Å². The molecule has 1 unspecified atom stereocenters. The molecule has 0 bridgehead atoms. The van der Waals surface area contributed by atoms with Gasteiger partial charge in [0, 0.05) is 43.8 Å². The van der Waals surface area contributed by atoms with E-state index in [0.717, 1.165) is 24.9 Å². The molecule has 7 atom stereocenters. The largest absolute Gasteiger partial charge is 0.455 e. The van der Waals surface area contributed by atoms with Gasteiger partial charge in [0.15, 0.2) is 6.10 Å². The SMILES string of the molecule is CCC(C)[C@H](NC(=O)[C@@]1(C)CCCN1C)C(=O)N(C)[C@H](C[C@@H](OC(C)=O)c1nc(C(=O)N[C@@H](Cc2ccccc2)C[C@H](C)C(=O)NN)cs1)C(C)C. The number of ether oxygens (including phenoxy) is 1. The third-order valence-electron chi connectivity index (χ3n) is 10.6. The Morgan fingerprint density at radius 3 is 2.31 bits per heavy atom. The first-order valence-corrected chi connectivity index (χ1v) is 19.2. The van der Waals surface area contributed by atoms with E-state index in [1.807, 2.05) is 76.9 Å². The molecule has 1 aromatic carbocycles. The molecule has 0 spiro atoms. The Kier molecular flexibility index (Phi) is 15.8. The number of hydrogen-bond donors (Lipinski definition) is 4. The van der Waals surface area contributed by atoms with Crippen molar-refractivity contribution in [2.24, 2.45) is 23.6 Å². The van der Waals surface area contributed by atoms with Crippen LogP contribution < -0.4 is 21.9 Å². The van der Waals surface area contributed by atoms with Gasteiger partial charge < -0.3 is 20.3 Å². The number of likely N-dealkylation sites (N-methyl/N-ethyl adjacent to an activating group) is 2. The molecule has 1 aromatic heterocycles. The van der Waals surface area contributed by atoms with Crippen LogP contribution >= 0.6 is 11.3 Å². The maximum absolute atomic E-state index is 14.2. The molecule has 2 heterocycles. The fourth-order valence-corrected chi connectivity index (χ4v) is 7.65. The van der Waals surface area contributed by atoms with E-state index < -0.39 is 47.6 Å². The van der Waals surface area contributed by atoms with Crippen LogP contribution in [-0.2, 0) is 30.3 Å². The van der Waals surface area contributed by atoms with Gasteiger partial charge in [-0.05, 0) is 63.6 Å². The Labute approximate surface area is 312 Å². The topological polar surface area (TPSA) is 176 Å². The van der Waals surface area contributed by atoms with Crippen LogP contribution in [0.4, 0.5) is 0 Å². The number of nitrogens with two attached hydrogens (primary N) is 1. The molecule has 1 fully saturated rings. The first-order chi connectivity index (χ1) is 24.5. The minimum absolute atomic E-state index is 0.0482. The minimum Gasteiger partial charge on any atom is -0.455 e. The van der Waals surface area contributed by atoms with E-state index in [1.165, 1.54) is 18.3 Å². The summed E-state index contributed by atoms with van der Waals surface area (Å²) in [6.45, 7) is 13.7. The summed E-state index contributed by atoms with van der Waals surface area (Å²) in [6.07, 6.45) is 2.57. The van der Waals surface area contributed by atoms with Gasteiger partial charge >= 0.3 is 5.97 Å². The van der Waals surface area contributed by atoms with Crippen molar-refractivity contribution in [2.45, 2.75) is 117 Å². The van der Waals surface area contributed by atoms with Gasteiger partial charge in [0.05, 0.1) is 5.54 Å². The third kappa shape index (κ3) is 11.1. The maximum atomic E-state index is 14.2. The number of nitrogens with one attached hydrogen (secondary N) is 3. The normalized spacial score (nSPS) is 19.5. The molecule has 52 heavy (non-hydrogen) atoms. The molecule has 1 saturated heterocycles. The van der Waals surface area contributed by atoms with Crippen LogP contribution in [-0.4, -0.2) is 88.7 Å². The predicted octanol–water partition coefficient (Wildman–Crippen LogP) is 3.99. The predicted molar refractivity (Wildman–Crippen MR) is 202 cm³/mol. The highest BCUT2D eigenvalue weighted by molar-refractivity contribution is 7.09. The highest BCUT2D eigenvalue weighted by Gasteiger charge is 2.44. The van der Waals surface area contributed by atoms with Crippen LogP contribution in [0.3, 0.4) is 0 Å². The average molecular weight is 742 g/mol. The van der Waals surface area contributed by atoms with Crippen molar-refractivity contribution in [2.75, 3.05) is 20.6 Å². The molecule has 5 N–H and O–H groups in total. The van der Waals surface area contributed by atoms with E-state index in [1.54, 1.807) is 24.3 Å². The fraction of sp³-hybridized carbons (Fsp3) is 0.632. The summed E-state index contributed by atoms with van der Waals surface area (Å²) < 4.78 is 5.79. The van der Waals surface area contributed by atoms with Crippen molar-refractivity contribution < 1.29 is 28.7 Å². The molecular weight excluding hydrogens is 683 g/mol. The Hall–Kier alpha value is -3.88. The minimum atomic E-state index is -0.831. The van der Waals surface area contributed by atoms with E-state index in [-0.39, 0.29) is 41.7 Å². The molecule has 2 aromatic rings. The van der Waals surface area contributed by atoms with Crippen LogP contribution in [0.2, 0.25) is 0 Å². The summed E-state index contributed by atoms with van der Waals surface area (Å²) in [5, 5.41) is 8.17. The molecule has 1 aliphatic rings. The lowest BCUT2D eigenvalue weighted by atomic mass is 9.91. The van der Waals surface area contributed by atoms with Crippen molar-refractivity contribution in [3.05, 3.63) is 52.0 Å². The Bertz CT molecular complexity index is 1520. The van der Waals surface area contributed by atoms with Crippen LogP contribution in [0.25, 0.3) is 0 Å². The van der Waals surface area contributed by atoms with Gasteiger partial charge in [-0.15, -0.1) is 11.3 Å². The van der Waals surface area contributed by atoms with Crippen LogP contribution in [0, 0.1) is 17.8 Å². The summed E-state index contributed by atoms with van der Waals surface area (Å²) >= 11 is 1.20. The Morgan fingerprint density at radius 2 is 1.75 bits per heavy atom. The van der Waals surface area contributed by atoms with Crippen molar-refractivity contribution in [3.63, 3.8) is 0 Å². The van der Waals surface area contributed by atoms with Gasteiger partial charge in [0.25, 0.3) is 5.91 Å². The van der Waals surface area contributed by atoms with Crippen molar-refractivity contribution in [1.29, 1.82) is 0 Å². The average Bonchev–Trinajstić information content (AvgIpc) is 3.74. The Morgan fingerprint density at radius 1 is 1.08 bits per heavy atom. The summed E-state index contributed by atoms with van der Waals surface area (Å²) in [5.41, 5.74) is 2.64. The van der Waals surface area contributed by atoms with Gasteiger partial charge in [-0.1, -0.05) is 71.4 Å². The van der Waals surface area contributed by atoms with E-state index in [9.17, 15) is 24.0 Å². The quantitative estimate of drug-likeness (QED) is 0.0762. The fourth-order valence-electron chi connectivity index (χ4n) is 6.81. The lowest BCUT2D eigenvalue weighted by molar-refractivity contribution is -0.149. The molecule has 288 valence electrons. The number of amides is 4. The smallest absolute Gasteiger partial charge is 0.303 e. The van der Waals surface area contributed by atoms with Crippen LogP contribution in [0.5, 0.6) is 0 Å². The number of likely N-dealkylation sites (tertiary alicyclic amines) is 1. The number of benzene rings is 1. The second-order valence-electron chi connectivity index (χ2n) is 14.8. The third-order valence-corrected chi connectivity index (χ3v) is 11.5. The maximum Gasteiger partial charge on any atom is 0.303 e. The standard InChI is InChI=1S/C38H59N7O6S/c1-10-24(4)32(42-37(50)38(7)17-14-18-44(38)8)36(49)45(9)30(23(2)3)21-31(51-26(6)46)35-41-29(22-52-35)34(48)40-28(19-25(5)33(47)43-39)20-27-15-12-11-13-16-27/h11-13,15-16,22-25,28,30-32H,10,14,17-21,39H2,1-9H3,(H,40,48)(H,42,50)(H,43,47)/t24?,25-,28+,30+,31+,32-,38+/m0/s1. The lowest BCUT2D eigenvalue weighted by Crippen LogP contribution is -2.60. The number of carbonyl (C=O) groups excluding carboxylic acids is 5. The number of nitrogens with zero attached hydrogens (tertiary/aromatic N) is 3. The van der Waals surface area contributed by atoms with Crippen molar-refractivity contribution in [3.8, 4) is 0 Å². The zero-order valence-electron chi connectivity index (χ0n) is 32.2. The first kappa shape index (κ1) is 42.5. The monoisotopic (exact) mass is 741 g/mol. The number of esters is 1. The van der Waals surface area contributed by atoms with E-state index in [2.05, 4.69) is 21.0 Å². The highest BCUT2D eigenvalue weighted by Crippen LogP contribution is 2.32. The zero-order chi connectivity index (χ0) is 38.7. The van der Waals surface area contributed by atoms with Gasteiger partial charge in [0.2, 0.25) is 17.7 Å². The van der Waals surface area contributed by atoms with Crippen molar-refractivity contribution in [1.82, 2.24) is 30.8 Å². The number of hydrazine groups is 1. The highest BCUT2D eigenvalue weighted by atomic mass is 32.1. The molecule has 3 rings (SSSR count). The molecule has 1 aliphatic heterocycles. The molecule has 14 heteroatoms. The van der Waals surface area contributed by atoms with E-state index in [0.29, 0.717) is 24.3 Å². The zero-order valence-corrected chi connectivity index (χ0v) is 33.0. The molecule has 13 nitrogen and oxygen atoms in total. The second-order valence-corrected chi connectivity index (χ2v) is 15.7. The van der Waals surface area contributed by atoms with Gasteiger partial charge in [-0.25, -0.2) is 10.8 Å². The molecular formula is C38H59N7O6S. The number of rotatable bonds is 18.